The van der Waals surface area contributed by atoms with Gasteiger partial charge in [-0.2, -0.15) is 12.6 Å². The molecule has 0 radical (unpaired) electrons. The molecule has 4 heteroatoms. The lowest BCUT2D eigenvalue weighted by Gasteiger charge is -2.01. The summed E-state index contributed by atoms with van der Waals surface area (Å²) in [5.74, 6) is -0.674. The van der Waals surface area contributed by atoms with Crippen LogP contribution in [0, 0.1) is 0 Å². The summed E-state index contributed by atoms with van der Waals surface area (Å²) >= 11 is 3.96. The summed E-state index contributed by atoms with van der Waals surface area (Å²) in [6.45, 7) is 0. The number of aromatic hydroxyl groups is 1. The van der Waals surface area contributed by atoms with Crippen LogP contribution in [0.15, 0.2) is 18.2 Å². The minimum Gasteiger partial charge on any atom is -0.508 e. The smallest absolute Gasteiger partial charge is 0.335 e. The largest absolute Gasteiger partial charge is 0.508 e. The van der Waals surface area contributed by atoms with E-state index in [1.54, 1.807) is 6.07 Å². The van der Waals surface area contributed by atoms with Crippen LogP contribution >= 0.6 is 12.6 Å². The third-order valence-corrected chi connectivity index (χ3v) is 1.84. The molecule has 2 N–H and O–H groups in total. The highest BCUT2D eigenvalue weighted by molar-refractivity contribution is 7.79. The maximum absolute atomic E-state index is 10.4. The third-order valence-electron chi connectivity index (χ3n) is 1.50. The molecule has 3 nitrogen and oxygen atoms in total. The Morgan fingerprint density at radius 2 is 2.17 bits per heavy atom. The molecule has 12 heavy (non-hydrogen) atoms. The minimum atomic E-state index is -1.05. The van der Waals surface area contributed by atoms with Gasteiger partial charge in [-0.05, 0) is 12.1 Å². The van der Waals surface area contributed by atoms with Gasteiger partial charge in [-0.3, -0.25) is 0 Å². The van der Waals surface area contributed by atoms with Crippen molar-refractivity contribution in [2.45, 2.75) is 5.75 Å². The summed E-state index contributed by atoms with van der Waals surface area (Å²) in [6.07, 6.45) is 0. The maximum atomic E-state index is 10.4. The predicted molar refractivity (Wildman–Crippen MR) is 47.8 cm³/mol. The first kappa shape index (κ1) is 8.93. The predicted octanol–water partition coefficient (Wildman–Crippen LogP) is 1.52. The highest BCUT2D eigenvalue weighted by Gasteiger charge is 2.05. The van der Waals surface area contributed by atoms with E-state index in [-0.39, 0.29) is 11.3 Å². The van der Waals surface area contributed by atoms with Crippen molar-refractivity contribution >= 4 is 18.6 Å². The minimum absolute atomic E-state index is 0.0232. The van der Waals surface area contributed by atoms with E-state index in [1.807, 2.05) is 0 Å². The van der Waals surface area contributed by atoms with Crippen LogP contribution in [0.3, 0.4) is 0 Å². The Hall–Kier alpha value is -1.16. The summed E-state index contributed by atoms with van der Waals surface area (Å²) in [4.78, 5) is 10.4. The fraction of sp³-hybridized carbons (Fsp3) is 0.125. The lowest BCUT2D eigenvalue weighted by atomic mass is 10.1. The monoisotopic (exact) mass is 184 g/mol. The Labute approximate surface area is 75.1 Å². The van der Waals surface area contributed by atoms with Gasteiger partial charge in [0, 0.05) is 11.3 Å². The van der Waals surface area contributed by atoms with Gasteiger partial charge in [0.2, 0.25) is 0 Å². The second-order valence-electron chi connectivity index (χ2n) is 2.31. The van der Waals surface area contributed by atoms with Crippen LogP contribution in [0.4, 0.5) is 0 Å². The summed E-state index contributed by atoms with van der Waals surface area (Å²) in [6, 6.07) is 4.20. The molecule has 0 aliphatic heterocycles. The molecular weight excluding hydrogens is 176 g/mol. The molecule has 0 bridgehead atoms. The molecule has 64 valence electrons. The van der Waals surface area contributed by atoms with E-state index in [0.29, 0.717) is 11.3 Å². The Morgan fingerprint density at radius 1 is 1.50 bits per heavy atom. The normalized spacial score (nSPS) is 9.75. The van der Waals surface area contributed by atoms with Crippen LogP contribution in [-0.2, 0) is 5.75 Å². The van der Waals surface area contributed by atoms with Gasteiger partial charge in [0.1, 0.15) is 5.75 Å². The van der Waals surface area contributed by atoms with E-state index in [0.717, 1.165) is 0 Å². The quantitative estimate of drug-likeness (QED) is 0.611. The molecule has 0 atom stereocenters. The molecule has 1 rings (SSSR count). The molecular formula is C8H8O3S. The number of hydrogen-bond acceptors (Lipinski definition) is 3. The Bertz CT molecular complexity index is 309. The van der Waals surface area contributed by atoms with Gasteiger partial charge in [0.05, 0.1) is 5.56 Å². The fourth-order valence-corrected chi connectivity index (χ4v) is 1.10. The van der Waals surface area contributed by atoms with Gasteiger partial charge in [-0.25, -0.2) is 4.79 Å². The van der Waals surface area contributed by atoms with E-state index < -0.39 is 5.97 Å². The van der Waals surface area contributed by atoms with Gasteiger partial charge in [0.15, 0.2) is 0 Å². The van der Waals surface area contributed by atoms with Gasteiger partial charge in [-0.15, -0.1) is 0 Å². The average molecular weight is 184 g/mol. The first-order chi connectivity index (χ1) is 5.65. The summed E-state index contributed by atoms with van der Waals surface area (Å²) < 4.78 is 0. The number of carboxylic acids is 1. The number of carboxylic acid groups (broad SMARTS) is 1. The maximum Gasteiger partial charge on any atom is 0.335 e. The van der Waals surface area contributed by atoms with Crippen LogP contribution in [-0.4, -0.2) is 16.2 Å². The number of benzene rings is 1. The highest BCUT2D eigenvalue weighted by atomic mass is 32.1. The average Bonchev–Trinajstić information content (AvgIpc) is 2.04. The van der Waals surface area contributed by atoms with Crippen molar-refractivity contribution in [3.8, 4) is 5.75 Å². The number of rotatable bonds is 2. The molecule has 0 heterocycles. The zero-order valence-electron chi connectivity index (χ0n) is 6.19. The van der Waals surface area contributed by atoms with Crippen molar-refractivity contribution in [1.29, 1.82) is 0 Å². The Morgan fingerprint density at radius 3 is 2.58 bits per heavy atom. The summed E-state index contributed by atoms with van der Waals surface area (Å²) in [7, 11) is 0. The van der Waals surface area contributed by atoms with Crippen LogP contribution in [0.2, 0.25) is 0 Å². The van der Waals surface area contributed by atoms with Crippen molar-refractivity contribution in [2.24, 2.45) is 0 Å². The molecule has 0 saturated carbocycles. The second kappa shape index (κ2) is 3.49. The summed E-state index contributed by atoms with van der Waals surface area (Å²) in [5.41, 5.74) is 0.710. The topological polar surface area (TPSA) is 57.5 Å². The number of hydrogen-bond donors (Lipinski definition) is 3. The highest BCUT2D eigenvalue weighted by Crippen LogP contribution is 2.20. The van der Waals surface area contributed by atoms with Crippen LogP contribution in [0.1, 0.15) is 15.9 Å². The summed E-state index contributed by atoms with van der Waals surface area (Å²) in [5, 5.41) is 17.8. The van der Waals surface area contributed by atoms with E-state index in [9.17, 15) is 9.90 Å². The van der Waals surface area contributed by atoms with Crippen molar-refractivity contribution in [2.75, 3.05) is 0 Å². The molecule has 0 aliphatic rings. The number of phenolic OH excluding ortho intramolecular Hbond substituents is 1. The van der Waals surface area contributed by atoms with Crippen molar-refractivity contribution in [3.05, 3.63) is 29.3 Å². The zero-order valence-corrected chi connectivity index (χ0v) is 7.08. The number of aromatic carboxylic acids is 1. The van der Waals surface area contributed by atoms with Crippen molar-refractivity contribution in [3.63, 3.8) is 0 Å². The Balaban J connectivity index is 3.10. The van der Waals surface area contributed by atoms with Gasteiger partial charge >= 0.3 is 5.97 Å². The standard InChI is InChI=1S/C8H8O3S/c9-7-3-5(8(10)11)1-2-6(7)4-12/h1-3,9,12H,4H2,(H,10,11). The first-order valence-electron chi connectivity index (χ1n) is 3.31. The van der Waals surface area contributed by atoms with Crippen LogP contribution in [0.25, 0.3) is 0 Å². The fourth-order valence-electron chi connectivity index (χ4n) is 0.831. The lowest BCUT2D eigenvalue weighted by Crippen LogP contribution is -1.95. The molecule has 0 aromatic heterocycles. The van der Waals surface area contributed by atoms with Gasteiger partial charge in [-0.1, -0.05) is 6.07 Å². The molecule has 0 amide bonds. The van der Waals surface area contributed by atoms with Gasteiger partial charge < -0.3 is 10.2 Å². The number of phenols is 1. The van der Waals surface area contributed by atoms with Gasteiger partial charge in [0.25, 0.3) is 0 Å². The lowest BCUT2D eigenvalue weighted by molar-refractivity contribution is 0.0696. The second-order valence-corrected chi connectivity index (χ2v) is 2.62. The first-order valence-corrected chi connectivity index (χ1v) is 3.94. The molecule has 0 unspecified atom stereocenters. The van der Waals surface area contributed by atoms with E-state index in [2.05, 4.69) is 12.6 Å². The van der Waals surface area contributed by atoms with Crippen LogP contribution in [0.5, 0.6) is 5.75 Å². The SMILES string of the molecule is O=C(O)c1ccc(CS)c(O)c1. The number of thiol groups is 1. The molecule has 0 spiro atoms. The third kappa shape index (κ3) is 1.71. The Kier molecular flexibility index (Phi) is 2.60. The van der Waals surface area contributed by atoms with Crippen molar-refractivity contribution < 1.29 is 15.0 Å². The van der Waals surface area contributed by atoms with E-state index >= 15 is 0 Å². The molecule has 0 fully saturated rings. The molecule has 1 aromatic carbocycles. The van der Waals surface area contributed by atoms with E-state index in [1.165, 1.54) is 12.1 Å². The zero-order chi connectivity index (χ0) is 9.14. The molecule has 0 saturated heterocycles. The number of carbonyl (C=O) groups is 1. The van der Waals surface area contributed by atoms with E-state index in [4.69, 9.17) is 5.11 Å². The van der Waals surface area contributed by atoms with Crippen molar-refractivity contribution in [1.82, 2.24) is 0 Å². The van der Waals surface area contributed by atoms with Crippen LogP contribution < -0.4 is 0 Å². The molecule has 0 aliphatic carbocycles. The molecule has 1 aromatic rings.